The molecule has 0 aliphatic heterocycles. The lowest BCUT2D eigenvalue weighted by Gasteiger charge is -2.09. The molecular weight excluding hydrogens is 261 g/mol. The Morgan fingerprint density at radius 1 is 1.40 bits per heavy atom. The normalized spacial score (nSPS) is 10.6. The van der Waals surface area contributed by atoms with Gasteiger partial charge >= 0.3 is 0 Å². The van der Waals surface area contributed by atoms with Crippen LogP contribution in [0, 0.1) is 5.82 Å². The Morgan fingerprint density at radius 3 is 2.80 bits per heavy atom. The molecule has 2 heterocycles. The second kappa shape index (κ2) is 5.60. The number of pyridine rings is 1. The summed E-state index contributed by atoms with van der Waals surface area (Å²) in [6.07, 6.45) is 3.76. The number of nitrogen functional groups attached to an aromatic ring is 1. The monoisotopic (exact) mass is 275 g/mol. The molecule has 104 valence electrons. The van der Waals surface area contributed by atoms with E-state index in [1.165, 1.54) is 18.5 Å². The Kier molecular flexibility index (Phi) is 3.88. The van der Waals surface area contributed by atoms with Gasteiger partial charge in [0.1, 0.15) is 5.82 Å². The number of hydrogen-bond donors (Lipinski definition) is 2. The lowest BCUT2D eigenvalue weighted by atomic mass is 10.2. The van der Waals surface area contributed by atoms with E-state index in [0.717, 1.165) is 6.20 Å². The van der Waals surface area contributed by atoms with E-state index in [9.17, 15) is 9.18 Å². The van der Waals surface area contributed by atoms with Crippen molar-refractivity contribution < 1.29 is 9.18 Å². The van der Waals surface area contributed by atoms with Gasteiger partial charge in [0.25, 0.3) is 5.91 Å². The number of nitrogens with zero attached hydrogens (tertiary/aromatic N) is 3. The van der Waals surface area contributed by atoms with Gasteiger partial charge in [-0.05, 0) is 6.07 Å². The highest BCUT2D eigenvalue weighted by molar-refractivity contribution is 6.06. The molecule has 0 atom stereocenters. The molecule has 6 nitrogen and oxygen atoms in total. The third-order valence-electron chi connectivity index (χ3n) is 2.59. The van der Waals surface area contributed by atoms with E-state index in [4.69, 9.17) is 5.73 Å². The fraction of sp³-hybridized carbons (Fsp3) is 0.231. The molecule has 0 radical (unpaired) electrons. The Morgan fingerprint density at radius 2 is 2.15 bits per heavy atom. The molecule has 2 aromatic rings. The van der Waals surface area contributed by atoms with Crippen molar-refractivity contribution in [3.05, 3.63) is 42.0 Å². The minimum atomic E-state index is -0.627. The van der Waals surface area contributed by atoms with Gasteiger partial charge in [-0.1, -0.05) is 13.8 Å². The number of nitrogens with one attached hydrogen (secondary N) is 1. The van der Waals surface area contributed by atoms with Crippen molar-refractivity contribution in [1.82, 2.24) is 15.0 Å². The molecule has 0 saturated heterocycles. The van der Waals surface area contributed by atoms with Crippen molar-refractivity contribution in [2.75, 3.05) is 11.1 Å². The Balaban J connectivity index is 2.30. The summed E-state index contributed by atoms with van der Waals surface area (Å²) in [5.74, 6) is -0.658. The van der Waals surface area contributed by atoms with Crippen molar-refractivity contribution in [1.29, 1.82) is 0 Å². The van der Waals surface area contributed by atoms with Crippen LogP contribution in [0.25, 0.3) is 0 Å². The summed E-state index contributed by atoms with van der Waals surface area (Å²) in [5.41, 5.74) is 5.88. The molecule has 0 aliphatic rings. The number of nitrogens with two attached hydrogens (primary N) is 1. The zero-order valence-electron chi connectivity index (χ0n) is 11.1. The summed E-state index contributed by atoms with van der Waals surface area (Å²) < 4.78 is 13.4. The minimum absolute atomic E-state index is 0.0223. The maximum atomic E-state index is 13.4. The second-order valence-electron chi connectivity index (χ2n) is 4.50. The van der Waals surface area contributed by atoms with Crippen LogP contribution in [0.1, 0.15) is 36.1 Å². The number of hydrogen-bond acceptors (Lipinski definition) is 5. The quantitative estimate of drug-likeness (QED) is 0.893. The van der Waals surface area contributed by atoms with Gasteiger partial charge in [-0.15, -0.1) is 0 Å². The van der Waals surface area contributed by atoms with Crippen LogP contribution in [0.2, 0.25) is 0 Å². The summed E-state index contributed by atoms with van der Waals surface area (Å²) in [6.45, 7) is 3.80. The number of aromatic nitrogens is 3. The highest BCUT2D eigenvalue weighted by atomic mass is 19.1. The van der Waals surface area contributed by atoms with Crippen LogP contribution < -0.4 is 11.1 Å². The Bertz CT molecular complexity index is 644. The van der Waals surface area contributed by atoms with Crippen LogP contribution >= 0.6 is 0 Å². The lowest BCUT2D eigenvalue weighted by molar-refractivity contribution is 0.102. The summed E-state index contributed by atoms with van der Waals surface area (Å²) in [4.78, 5) is 23.9. The summed E-state index contributed by atoms with van der Waals surface area (Å²) in [7, 11) is 0. The van der Waals surface area contributed by atoms with Crippen molar-refractivity contribution in [2.24, 2.45) is 0 Å². The molecule has 0 spiro atoms. The molecule has 0 fully saturated rings. The second-order valence-corrected chi connectivity index (χ2v) is 4.50. The van der Waals surface area contributed by atoms with Crippen LogP contribution in [0.5, 0.6) is 0 Å². The largest absolute Gasteiger partial charge is 0.396 e. The standard InChI is InChI=1S/C13H14FN5O/c1-7(2)12-17-6-9(15)11(19-12)13(20)18-10-3-4-16-5-8(10)14/h3-7H,15H2,1-2H3,(H,16,18,20). The number of anilines is 2. The van der Waals surface area contributed by atoms with Gasteiger partial charge in [-0.25, -0.2) is 14.4 Å². The predicted octanol–water partition coefficient (Wildman–Crippen LogP) is 1.97. The molecule has 2 aromatic heterocycles. The van der Waals surface area contributed by atoms with E-state index in [0.29, 0.717) is 5.82 Å². The van der Waals surface area contributed by atoms with Gasteiger partial charge < -0.3 is 11.1 Å². The Hall–Kier alpha value is -2.57. The maximum absolute atomic E-state index is 13.4. The van der Waals surface area contributed by atoms with Crippen molar-refractivity contribution in [3.8, 4) is 0 Å². The predicted molar refractivity (Wildman–Crippen MR) is 72.7 cm³/mol. The molecule has 2 rings (SSSR count). The zero-order chi connectivity index (χ0) is 14.7. The van der Waals surface area contributed by atoms with Crippen LogP contribution in [-0.4, -0.2) is 20.9 Å². The summed E-state index contributed by atoms with van der Waals surface area (Å²) in [5, 5.41) is 2.41. The number of amides is 1. The van der Waals surface area contributed by atoms with E-state index in [-0.39, 0.29) is 23.0 Å². The van der Waals surface area contributed by atoms with E-state index < -0.39 is 11.7 Å². The molecule has 0 unspecified atom stereocenters. The van der Waals surface area contributed by atoms with Crippen LogP contribution in [0.15, 0.2) is 24.7 Å². The van der Waals surface area contributed by atoms with Crippen molar-refractivity contribution in [2.45, 2.75) is 19.8 Å². The third kappa shape index (κ3) is 2.87. The van der Waals surface area contributed by atoms with Gasteiger partial charge in [-0.3, -0.25) is 9.78 Å². The Labute approximate surface area is 115 Å². The minimum Gasteiger partial charge on any atom is -0.396 e. The van der Waals surface area contributed by atoms with E-state index in [2.05, 4.69) is 20.3 Å². The van der Waals surface area contributed by atoms with E-state index >= 15 is 0 Å². The maximum Gasteiger partial charge on any atom is 0.276 e. The fourth-order valence-corrected chi connectivity index (χ4v) is 1.52. The van der Waals surface area contributed by atoms with Gasteiger partial charge in [0.05, 0.1) is 23.8 Å². The molecule has 0 aromatic carbocycles. The summed E-state index contributed by atoms with van der Waals surface area (Å²) in [6, 6.07) is 1.36. The average Bonchev–Trinajstić information content (AvgIpc) is 2.41. The van der Waals surface area contributed by atoms with Gasteiger partial charge in [0, 0.05) is 12.1 Å². The van der Waals surface area contributed by atoms with E-state index in [1.807, 2.05) is 13.8 Å². The highest BCUT2D eigenvalue weighted by Gasteiger charge is 2.16. The number of carbonyl (C=O) groups is 1. The number of halogens is 1. The molecule has 3 N–H and O–H groups in total. The third-order valence-corrected chi connectivity index (χ3v) is 2.59. The first-order valence-corrected chi connectivity index (χ1v) is 6.02. The molecule has 0 saturated carbocycles. The number of rotatable bonds is 3. The van der Waals surface area contributed by atoms with Crippen molar-refractivity contribution >= 4 is 17.3 Å². The zero-order valence-corrected chi connectivity index (χ0v) is 11.1. The van der Waals surface area contributed by atoms with Gasteiger partial charge in [-0.2, -0.15) is 0 Å². The first kappa shape index (κ1) is 13.9. The van der Waals surface area contributed by atoms with Crippen molar-refractivity contribution in [3.63, 3.8) is 0 Å². The molecule has 0 bridgehead atoms. The van der Waals surface area contributed by atoms with Crippen LogP contribution in [-0.2, 0) is 0 Å². The molecule has 20 heavy (non-hydrogen) atoms. The van der Waals surface area contributed by atoms with Crippen LogP contribution in [0.3, 0.4) is 0 Å². The lowest BCUT2D eigenvalue weighted by Crippen LogP contribution is -2.18. The average molecular weight is 275 g/mol. The highest BCUT2D eigenvalue weighted by Crippen LogP contribution is 2.16. The van der Waals surface area contributed by atoms with Gasteiger partial charge in [0.15, 0.2) is 11.5 Å². The fourth-order valence-electron chi connectivity index (χ4n) is 1.52. The molecule has 0 aliphatic carbocycles. The topological polar surface area (TPSA) is 93.8 Å². The SMILES string of the molecule is CC(C)c1ncc(N)c(C(=O)Nc2ccncc2F)n1. The molecular formula is C13H14FN5O. The number of carbonyl (C=O) groups excluding carboxylic acids is 1. The van der Waals surface area contributed by atoms with Gasteiger partial charge in [0.2, 0.25) is 0 Å². The molecule has 1 amide bonds. The summed E-state index contributed by atoms with van der Waals surface area (Å²) >= 11 is 0. The molecule has 7 heteroatoms. The smallest absolute Gasteiger partial charge is 0.276 e. The first-order valence-electron chi connectivity index (χ1n) is 6.02. The van der Waals surface area contributed by atoms with E-state index in [1.54, 1.807) is 0 Å². The first-order chi connectivity index (χ1) is 9.49. The van der Waals surface area contributed by atoms with Crippen LogP contribution in [0.4, 0.5) is 15.8 Å².